The molecule has 10 heteroatoms. The van der Waals surface area contributed by atoms with E-state index in [2.05, 4.69) is 15.1 Å². The lowest BCUT2D eigenvalue weighted by atomic mass is 9.97. The van der Waals surface area contributed by atoms with Crippen LogP contribution in [0.25, 0.3) is 11.4 Å². The molecule has 4 heterocycles. The molecule has 0 amide bonds. The molecule has 7 nitrogen and oxygen atoms in total. The van der Waals surface area contributed by atoms with Crippen LogP contribution in [0.2, 0.25) is 5.02 Å². The third-order valence-electron chi connectivity index (χ3n) is 5.21. The van der Waals surface area contributed by atoms with Gasteiger partial charge in [0.05, 0.1) is 23.0 Å². The highest BCUT2D eigenvalue weighted by Gasteiger charge is 2.30. The molecule has 0 saturated carbocycles. The molecule has 3 aromatic heterocycles. The molecule has 164 valence electrons. The Balaban J connectivity index is 1.63. The number of nitrogens with two attached hydrogens (primary N) is 1. The van der Waals surface area contributed by atoms with Gasteiger partial charge in [-0.1, -0.05) is 11.6 Å². The summed E-state index contributed by atoms with van der Waals surface area (Å²) in [7, 11) is 1.79. The standard InChI is InChI=1S/C21H22ClF2N5O2/c1-29-19(9-17(28-29)13-4-6-30-7-5-13)31-18-8-15(22)11-27-20(18)16-3-2-14(10-26-16)21(23,24)12-25/h2-3,8-11,13H,4-7,12,25H2,1H3. The van der Waals surface area contributed by atoms with Crippen molar-refractivity contribution in [2.24, 2.45) is 12.8 Å². The van der Waals surface area contributed by atoms with Crippen molar-refractivity contribution >= 4 is 11.6 Å². The van der Waals surface area contributed by atoms with E-state index in [9.17, 15) is 8.78 Å². The van der Waals surface area contributed by atoms with Crippen LogP contribution in [0.1, 0.15) is 30.0 Å². The largest absolute Gasteiger partial charge is 0.437 e. The monoisotopic (exact) mass is 449 g/mol. The fourth-order valence-corrected chi connectivity index (χ4v) is 3.58. The Hall–Kier alpha value is -2.62. The Labute approximate surface area is 183 Å². The third-order valence-corrected chi connectivity index (χ3v) is 5.42. The molecule has 0 aromatic carbocycles. The lowest BCUT2D eigenvalue weighted by Crippen LogP contribution is -2.25. The van der Waals surface area contributed by atoms with E-state index in [1.807, 2.05) is 6.07 Å². The Bertz CT molecular complexity index is 1050. The van der Waals surface area contributed by atoms with Crippen LogP contribution in [0.4, 0.5) is 8.78 Å². The van der Waals surface area contributed by atoms with Gasteiger partial charge in [-0.05, 0) is 25.0 Å². The molecule has 0 spiro atoms. The quantitative estimate of drug-likeness (QED) is 0.604. The SMILES string of the molecule is Cn1nc(C2CCOCC2)cc1Oc1cc(Cl)cnc1-c1ccc(C(F)(F)CN)cn1. The zero-order valence-corrected chi connectivity index (χ0v) is 17.6. The van der Waals surface area contributed by atoms with E-state index in [-0.39, 0.29) is 5.56 Å². The highest BCUT2D eigenvalue weighted by molar-refractivity contribution is 6.30. The molecule has 3 aromatic rings. The second kappa shape index (κ2) is 8.86. The number of hydrogen-bond donors (Lipinski definition) is 1. The van der Waals surface area contributed by atoms with Gasteiger partial charge in [-0.15, -0.1) is 0 Å². The summed E-state index contributed by atoms with van der Waals surface area (Å²) in [6.07, 6.45) is 4.36. The molecule has 1 fully saturated rings. The van der Waals surface area contributed by atoms with Crippen LogP contribution >= 0.6 is 11.6 Å². The average molecular weight is 450 g/mol. The minimum Gasteiger partial charge on any atom is -0.437 e. The van der Waals surface area contributed by atoms with Crippen LogP contribution in [0, 0.1) is 0 Å². The molecular formula is C21H22ClF2N5O2. The molecule has 31 heavy (non-hydrogen) atoms. The van der Waals surface area contributed by atoms with E-state index in [0.29, 0.717) is 47.2 Å². The van der Waals surface area contributed by atoms with Gasteiger partial charge in [0.25, 0.3) is 5.92 Å². The number of aryl methyl sites for hydroxylation is 1. The second-order valence-electron chi connectivity index (χ2n) is 7.36. The van der Waals surface area contributed by atoms with Crippen molar-refractivity contribution in [1.29, 1.82) is 0 Å². The van der Waals surface area contributed by atoms with Crippen molar-refractivity contribution in [1.82, 2.24) is 19.7 Å². The Morgan fingerprint density at radius 1 is 1.23 bits per heavy atom. The van der Waals surface area contributed by atoms with Gasteiger partial charge in [0.15, 0.2) is 5.75 Å². The summed E-state index contributed by atoms with van der Waals surface area (Å²) in [5.41, 5.74) is 6.56. The first-order valence-corrected chi connectivity index (χ1v) is 10.2. The number of rotatable bonds is 6. The van der Waals surface area contributed by atoms with Crippen molar-refractivity contribution in [2.45, 2.75) is 24.7 Å². The first kappa shape index (κ1) is 21.6. The van der Waals surface area contributed by atoms with Gasteiger partial charge in [-0.3, -0.25) is 4.98 Å². The zero-order chi connectivity index (χ0) is 22.0. The third kappa shape index (κ3) is 4.68. The molecule has 0 aliphatic carbocycles. The predicted octanol–water partition coefficient (Wildman–Crippen LogP) is 4.27. The predicted molar refractivity (Wildman–Crippen MR) is 112 cm³/mol. The summed E-state index contributed by atoms with van der Waals surface area (Å²) in [4.78, 5) is 8.44. The van der Waals surface area contributed by atoms with Crippen LogP contribution in [-0.4, -0.2) is 39.5 Å². The van der Waals surface area contributed by atoms with Crippen LogP contribution < -0.4 is 10.5 Å². The Morgan fingerprint density at radius 2 is 2.00 bits per heavy atom. The van der Waals surface area contributed by atoms with Crippen LogP contribution in [0.3, 0.4) is 0 Å². The summed E-state index contributed by atoms with van der Waals surface area (Å²) >= 11 is 6.13. The number of alkyl halides is 2. The lowest BCUT2D eigenvalue weighted by Gasteiger charge is -2.19. The van der Waals surface area contributed by atoms with Gasteiger partial charge in [0, 0.05) is 56.3 Å². The number of pyridine rings is 2. The van der Waals surface area contributed by atoms with Gasteiger partial charge in [-0.25, -0.2) is 9.67 Å². The molecule has 1 aliphatic rings. The number of nitrogens with zero attached hydrogens (tertiary/aromatic N) is 4. The molecule has 2 N–H and O–H groups in total. The molecule has 0 bridgehead atoms. The Morgan fingerprint density at radius 3 is 2.68 bits per heavy atom. The number of hydrogen-bond acceptors (Lipinski definition) is 6. The summed E-state index contributed by atoms with van der Waals surface area (Å²) in [6, 6.07) is 6.23. The first-order chi connectivity index (χ1) is 14.9. The van der Waals surface area contributed by atoms with Crippen molar-refractivity contribution in [2.75, 3.05) is 19.8 Å². The van der Waals surface area contributed by atoms with Crippen molar-refractivity contribution in [3.05, 3.63) is 52.9 Å². The van der Waals surface area contributed by atoms with E-state index in [0.717, 1.165) is 24.7 Å². The summed E-state index contributed by atoms with van der Waals surface area (Å²) in [6.45, 7) is 0.632. The maximum Gasteiger partial charge on any atom is 0.286 e. The fourth-order valence-electron chi connectivity index (χ4n) is 3.43. The maximum absolute atomic E-state index is 13.8. The van der Waals surface area contributed by atoms with Gasteiger partial charge in [0.2, 0.25) is 5.88 Å². The van der Waals surface area contributed by atoms with Crippen molar-refractivity contribution in [3.63, 3.8) is 0 Å². The molecule has 1 saturated heterocycles. The molecule has 1 aliphatic heterocycles. The van der Waals surface area contributed by atoms with Crippen molar-refractivity contribution < 1.29 is 18.3 Å². The number of aromatic nitrogens is 4. The first-order valence-electron chi connectivity index (χ1n) is 9.87. The second-order valence-corrected chi connectivity index (χ2v) is 7.80. The smallest absolute Gasteiger partial charge is 0.286 e. The highest BCUT2D eigenvalue weighted by Crippen LogP contribution is 2.35. The molecule has 0 unspecified atom stereocenters. The van der Waals surface area contributed by atoms with Gasteiger partial charge >= 0.3 is 0 Å². The normalized spacial score (nSPS) is 15.3. The molecular weight excluding hydrogens is 428 g/mol. The summed E-state index contributed by atoms with van der Waals surface area (Å²) in [5, 5.41) is 4.95. The molecule has 4 rings (SSSR count). The minimum absolute atomic E-state index is 0.261. The zero-order valence-electron chi connectivity index (χ0n) is 16.9. The van der Waals surface area contributed by atoms with Gasteiger partial charge < -0.3 is 15.2 Å². The van der Waals surface area contributed by atoms with Crippen LogP contribution in [-0.2, 0) is 17.7 Å². The molecule has 0 radical (unpaired) electrons. The van der Waals surface area contributed by atoms with Crippen molar-refractivity contribution in [3.8, 4) is 23.0 Å². The summed E-state index contributed by atoms with van der Waals surface area (Å²) in [5.74, 6) is -1.97. The van der Waals surface area contributed by atoms with E-state index in [1.54, 1.807) is 17.8 Å². The number of halogens is 3. The minimum atomic E-state index is -3.15. The summed E-state index contributed by atoms with van der Waals surface area (Å²) < 4.78 is 40.7. The molecule has 0 atom stereocenters. The fraction of sp³-hybridized carbons (Fsp3) is 0.381. The Kier molecular flexibility index (Phi) is 6.17. The number of ether oxygens (including phenoxy) is 2. The van der Waals surface area contributed by atoms with Gasteiger partial charge in [-0.2, -0.15) is 13.9 Å². The van der Waals surface area contributed by atoms with E-state index in [4.69, 9.17) is 26.8 Å². The van der Waals surface area contributed by atoms with Crippen LogP contribution in [0.5, 0.6) is 11.6 Å². The van der Waals surface area contributed by atoms with Gasteiger partial charge in [0.1, 0.15) is 5.69 Å². The van der Waals surface area contributed by atoms with Crippen LogP contribution in [0.15, 0.2) is 36.7 Å². The topological polar surface area (TPSA) is 88.1 Å². The highest BCUT2D eigenvalue weighted by atomic mass is 35.5. The van der Waals surface area contributed by atoms with E-state index in [1.165, 1.54) is 18.3 Å². The van der Waals surface area contributed by atoms with E-state index >= 15 is 0 Å². The average Bonchev–Trinajstić information content (AvgIpc) is 3.15. The maximum atomic E-state index is 13.8. The van der Waals surface area contributed by atoms with E-state index < -0.39 is 12.5 Å². The lowest BCUT2D eigenvalue weighted by molar-refractivity contribution is 0.00563.